The number of hydrogen-bond acceptors (Lipinski definition) is 3. The van der Waals surface area contributed by atoms with Crippen LogP contribution in [0.3, 0.4) is 0 Å². The minimum absolute atomic E-state index is 0.675. The summed E-state index contributed by atoms with van der Waals surface area (Å²) < 4.78 is 0. The molecule has 0 atom stereocenters. The normalized spacial score (nSPS) is 18.5. The van der Waals surface area contributed by atoms with Gasteiger partial charge in [-0.25, -0.2) is 0 Å². The smallest absolute Gasteiger partial charge is 0.0627 e. The molecule has 1 fully saturated rings. The van der Waals surface area contributed by atoms with Gasteiger partial charge in [-0.1, -0.05) is 12.1 Å². The first-order valence-corrected chi connectivity index (χ1v) is 7.21. The van der Waals surface area contributed by atoms with Crippen molar-refractivity contribution >= 4 is 6.08 Å². The van der Waals surface area contributed by atoms with Gasteiger partial charge in [-0.2, -0.15) is 0 Å². The van der Waals surface area contributed by atoms with Crippen LogP contribution in [0.5, 0.6) is 0 Å². The molecule has 0 radical (unpaired) electrons. The summed E-state index contributed by atoms with van der Waals surface area (Å²) in [7, 11) is 0. The van der Waals surface area contributed by atoms with Crippen LogP contribution in [-0.4, -0.2) is 53.5 Å². The average Bonchev–Trinajstić information content (AvgIpc) is 2.41. The fourth-order valence-corrected chi connectivity index (χ4v) is 2.36. The van der Waals surface area contributed by atoms with Crippen molar-refractivity contribution in [2.24, 2.45) is 0 Å². The Bertz CT molecular complexity index is 401. The maximum Gasteiger partial charge on any atom is 0.0627 e. The lowest BCUT2D eigenvalue weighted by molar-refractivity contribution is 0.117. The molecular weight excluding hydrogens is 234 g/mol. The molecule has 19 heavy (non-hydrogen) atoms. The molecule has 1 aliphatic heterocycles. The lowest BCUT2D eigenvalue weighted by Crippen LogP contribution is -2.48. The minimum atomic E-state index is 0.675. The van der Waals surface area contributed by atoms with E-state index in [4.69, 9.17) is 0 Å². The van der Waals surface area contributed by atoms with Gasteiger partial charge in [-0.05, 0) is 38.5 Å². The topological polar surface area (TPSA) is 19.4 Å². The fourth-order valence-electron chi connectivity index (χ4n) is 2.36. The molecular formula is C16H25N3. The Labute approximate surface area is 116 Å². The highest BCUT2D eigenvalue weighted by molar-refractivity contribution is 5.44. The van der Waals surface area contributed by atoms with Gasteiger partial charge in [0.1, 0.15) is 0 Å². The van der Waals surface area contributed by atoms with Crippen LogP contribution in [-0.2, 0) is 0 Å². The van der Waals surface area contributed by atoms with Crippen molar-refractivity contribution in [3.8, 4) is 0 Å². The number of piperazine rings is 1. The predicted octanol–water partition coefficient (Wildman–Crippen LogP) is 2.43. The van der Waals surface area contributed by atoms with Crippen molar-refractivity contribution in [2.45, 2.75) is 26.8 Å². The Morgan fingerprint density at radius 3 is 2.53 bits per heavy atom. The van der Waals surface area contributed by atoms with Gasteiger partial charge in [-0.15, -0.1) is 0 Å². The fraction of sp³-hybridized carbons (Fsp3) is 0.562. The molecule has 0 aromatic carbocycles. The second-order valence-electron chi connectivity index (χ2n) is 5.59. The first-order chi connectivity index (χ1) is 9.15. The van der Waals surface area contributed by atoms with E-state index in [-0.39, 0.29) is 0 Å². The summed E-state index contributed by atoms with van der Waals surface area (Å²) in [4.78, 5) is 9.43. The van der Waals surface area contributed by atoms with Gasteiger partial charge in [0.05, 0.1) is 5.69 Å². The van der Waals surface area contributed by atoms with Crippen LogP contribution in [0.25, 0.3) is 6.08 Å². The Balaban J connectivity index is 1.76. The third-order valence-corrected chi connectivity index (χ3v) is 3.72. The van der Waals surface area contributed by atoms with Gasteiger partial charge in [-0.3, -0.25) is 14.8 Å². The lowest BCUT2D eigenvalue weighted by Gasteiger charge is -2.36. The molecule has 1 aromatic heterocycles. The zero-order chi connectivity index (χ0) is 13.7. The van der Waals surface area contributed by atoms with Crippen LogP contribution in [0.2, 0.25) is 0 Å². The highest BCUT2D eigenvalue weighted by Crippen LogP contribution is 2.06. The van der Waals surface area contributed by atoms with Gasteiger partial charge in [0, 0.05) is 45.0 Å². The molecule has 1 aliphatic rings. The summed E-state index contributed by atoms with van der Waals surface area (Å²) in [6.45, 7) is 12.4. The molecule has 2 heterocycles. The molecule has 0 saturated carbocycles. The van der Waals surface area contributed by atoms with Crippen molar-refractivity contribution in [1.29, 1.82) is 0 Å². The Kier molecular flexibility index (Phi) is 5.11. The largest absolute Gasteiger partial charge is 0.298 e. The summed E-state index contributed by atoms with van der Waals surface area (Å²) in [5, 5.41) is 0. The molecule has 3 heteroatoms. The van der Waals surface area contributed by atoms with Crippen LogP contribution in [0, 0.1) is 6.92 Å². The van der Waals surface area contributed by atoms with Crippen molar-refractivity contribution in [1.82, 2.24) is 14.8 Å². The number of hydrogen-bond donors (Lipinski definition) is 0. The Morgan fingerprint density at radius 1 is 1.21 bits per heavy atom. The summed E-state index contributed by atoms with van der Waals surface area (Å²) in [5.74, 6) is 0. The summed E-state index contributed by atoms with van der Waals surface area (Å²) >= 11 is 0. The maximum absolute atomic E-state index is 4.38. The van der Waals surface area contributed by atoms with Crippen molar-refractivity contribution in [3.63, 3.8) is 0 Å². The molecule has 104 valence electrons. The van der Waals surface area contributed by atoms with Gasteiger partial charge < -0.3 is 0 Å². The van der Waals surface area contributed by atoms with E-state index < -0.39 is 0 Å². The zero-order valence-corrected chi connectivity index (χ0v) is 12.3. The van der Waals surface area contributed by atoms with E-state index in [2.05, 4.69) is 59.8 Å². The van der Waals surface area contributed by atoms with Gasteiger partial charge in [0.15, 0.2) is 0 Å². The van der Waals surface area contributed by atoms with Crippen LogP contribution in [0.4, 0.5) is 0 Å². The second-order valence-corrected chi connectivity index (χ2v) is 5.59. The van der Waals surface area contributed by atoms with E-state index in [1.807, 2.05) is 6.20 Å². The van der Waals surface area contributed by atoms with Crippen LogP contribution < -0.4 is 0 Å². The molecule has 0 unspecified atom stereocenters. The SMILES string of the molecule is Cc1ccc(/C=C/CN2CCN(C(C)C)CC2)nc1. The van der Waals surface area contributed by atoms with Crippen molar-refractivity contribution < 1.29 is 0 Å². The van der Waals surface area contributed by atoms with Crippen LogP contribution in [0.1, 0.15) is 25.1 Å². The molecule has 2 rings (SSSR count). The Hall–Kier alpha value is -1.19. The van der Waals surface area contributed by atoms with E-state index in [9.17, 15) is 0 Å². The highest BCUT2D eigenvalue weighted by Gasteiger charge is 2.17. The molecule has 0 amide bonds. The standard InChI is InChI=1S/C16H25N3/c1-14(2)19-11-9-18(10-12-19)8-4-5-16-7-6-15(3)13-17-16/h4-7,13-14H,8-12H2,1-3H3/b5-4+. The van der Waals surface area contributed by atoms with Crippen LogP contribution >= 0.6 is 0 Å². The van der Waals surface area contributed by atoms with Gasteiger partial charge in [0.2, 0.25) is 0 Å². The molecule has 1 saturated heterocycles. The first kappa shape index (κ1) is 14.2. The minimum Gasteiger partial charge on any atom is -0.298 e. The highest BCUT2D eigenvalue weighted by atomic mass is 15.3. The number of pyridine rings is 1. The third-order valence-electron chi connectivity index (χ3n) is 3.72. The predicted molar refractivity (Wildman–Crippen MR) is 81.2 cm³/mol. The van der Waals surface area contributed by atoms with E-state index in [1.54, 1.807) is 0 Å². The molecule has 0 bridgehead atoms. The van der Waals surface area contributed by atoms with E-state index >= 15 is 0 Å². The number of aryl methyl sites for hydroxylation is 1. The van der Waals surface area contributed by atoms with E-state index in [0.717, 1.165) is 12.2 Å². The summed E-state index contributed by atoms with van der Waals surface area (Å²) in [6.07, 6.45) is 6.26. The van der Waals surface area contributed by atoms with E-state index in [0.29, 0.717) is 6.04 Å². The average molecular weight is 259 g/mol. The van der Waals surface area contributed by atoms with Crippen LogP contribution in [0.15, 0.2) is 24.4 Å². The number of aromatic nitrogens is 1. The van der Waals surface area contributed by atoms with Crippen molar-refractivity contribution in [3.05, 3.63) is 35.7 Å². The molecule has 3 nitrogen and oxygen atoms in total. The first-order valence-electron chi connectivity index (χ1n) is 7.21. The quantitative estimate of drug-likeness (QED) is 0.828. The second kappa shape index (κ2) is 6.83. The van der Waals surface area contributed by atoms with E-state index in [1.165, 1.54) is 31.7 Å². The van der Waals surface area contributed by atoms with Gasteiger partial charge >= 0.3 is 0 Å². The summed E-state index contributed by atoms with van der Waals surface area (Å²) in [6, 6.07) is 4.85. The molecule has 0 aliphatic carbocycles. The number of nitrogens with zero attached hydrogens (tertiary/aromatic N) is 3. The third kappa shape index (κ3) is 4.44. The molecule has 0 N–H and O–H groups in total. The zero-order valence-electron chi connectivity index (χ0n) is 12.3. The summed E-state index contributed by atoms with van der Waals surface area (Å²) in [5.41, 5.74) is 2.26. The van der Waals surface area contributed by atoms with Gasteiger partial charge in [0.25, 0.3) is 0 Å². The Morgan fingerprint density at radius 2 is 1.95 bits per heavy atom. The molecule has 0 spiro atoms. The maximum atomic E-state index is 4.38. The van der Waals surface area contributed by atoms with Crippen molar-refractivity contribution in [2.75, 3.05) is 32.7 Å². The lowest BCUT2D eigenvalue weighted by atomic mass is 10.2. The molecule has 1 aromatic rings. The monoisotopic (exact) mass is 259 g/mol. The number of rotatable bonds is 4.